The monoisotopic (exact) mass is 354 g/mol. The zero-order chi connectivity index (χ0) is 17.8. The number of rotatable bonds is 4. The number of carbonyl (C=O) groups is 1. The zero-order valence-corrected chi connectivity index (χ0v) is 14.5. The molecule has 1 aromatic heterocycles. The van der Waals surface area contributed by atoms with E-state index in [2.05, 4.69) is 4.98 Å². The first-order valence-electron chi connectivity index (χ1n) is 9.00. The molecule has 0 bridgehead atoms. The van der Waals surface area contributed by atoms with E-state index in [9.17, 15) is 4.79 Å². The van der Waals surface area contributed by atoms with Crippen molar-refractivity contribution in [3.05, 3.63) is 54.4 Å². The predicted octanol–water partition coefficient (Wildman–Crippen LogP) is 3.10. The molecule has 0 aliphatic carbocycles. The second-order valence-electron chi connectivity index (χ2n) is 6.55. The molecule has 4 rings (SSSR count). The summed E-state index contributed by atoms with van der Waals surface area (Å²) < 4.78 is 16.9. The Morgan fingerprint density at radius 1 is 1.04 bits per heavy atom. The molecular weight excluding hydrogens is 332 g/mol. The number of amides is 1. The second-order valence-corrected chi connectivity index (χ2v) is 6.55. The normalized spacial score (nSPS) is 18.8. The summed E-state index contributed by atoms with van der Waals surface area (Å²) in [5, 5.41) is 0. The second kappa shape index (κ2) is 7.85. The van der Waals surface area contributed by atoms with Crippen molar-refractivity contribution in [3.63, 3.8) is 0 Å². The van der Waals surface area contributed by atoms with Crippen LogP contribution in [0, 0.1) is 5.92 Å². The lowest BCUT2D eigenvalue weighted by molar-refractivity contribution is -0.0956. The third kappa shape index (κ3) is 3.86. The van der Waals surface area contributed by atoms with E-state index >= 15 is 0 Å². The van der Waals surface area contributed by atoms with E-state index in [-0.39, 0.29) is 12.2 Å². The number of likely N-dealkylation sites (tertiary alicyclic amines) is 1. The molecule has 1 aromatic carbocycles. The summed E-state index contributed by atoms with van der Waals surface area (Å²) in [4.78, 5) is 18.6. The highest BCUT2D eigenvalue weighted by Gasteiger charge is 2.31. The summed E-state index contributed by atoms with van der Waals surface area (Å²) in [6.45, 7) is 2.83. The van der Waals surface area contributed by atoms with Gasteiger partial charge in [0, 0.05) is 30.8 Å². The van der Waals surface area contributed by atoms with E-state index in [0.29, 0.717) is 36.2 Å². The van der Waals surface area contributed by atoms with Crippen LogP contribution >= 0.6 is 0 Å². The molecule has 2 aliphatic heterocycles. The average Bonchev–Trinajstić information content (AvgIpc) is 3.24. The summed E-state index contributed by atoms with van der Waals surface area (Å²) >= 11 is 0. The first-order chi connectivity index (χ1) is 12.8. The number of nitrogens with zero attached hydrogens (tertiary/aromatic N) is 2. The number of pyridine rings is 1. The third-order valence-corrected chi connectivity index (χ3v) is 4.83. The molecule has 0 N–H and O–H groups in total. The first kappa shape index (κ1) is 17.0. The Morgan fingerprint density at radius 3 is 2.42 bits per heavy atom. The SMILES string of the molecule is O=C(c1ccc(Oc2cccnc2)cc1)N1CCC(C2OCCO2)CC1. The van der Waals surface area contributed by atoms with Crippen molar-refractivity contribution >= 4 is 5.91 Å². The van der Waals surface area contributed by atoms with Gasteiger partial charge < -0.3 is 19.1 Å². The third-order valence-electron chi connectivity index (χ3n) is 4.83. The molecule has 3 heterocycles. The molecule has 0 radical (unpaired) electrons. The van der Waals surface area contributed by atoms with Crippen LogP contribution in [0.15, 0.2) is 48.8 Å². The summed E-state index contributed by atoms with van der Waals surface area (Å²) in [5.41, 5.74) is 0.676. The van der Waals surface area contributed by atoms with Crippen molar-refractivity contribution in [2.45, 2.75) is 19.1 Å². The van der Waals surface area contributed by atoms with E-state index in [1.165, 1.54) is 0 Å². The molecule has 2 fully saturated rings. The standard InChI is InChI=1S/C20H22N2O4/c23-19(22-10-7-16(8-11-22)20-24-12-13-25-20)15-3-5-17(6-4-15)26-18-2-1-9-21-14-18/h1-6,9,14,16,20H,7-8,10-13H2. The number of carbonyl (C=O) groups excluding carboxylic acids is 1. The Morgan fingerprint density at radius 2 is 1.77 bits per heavy atom. The zero-order valence-electron chi connectivity index (χ0n) is 14.5. The van der Waals surface area contributed by atoms with E-state index in [1.54, 1.807) is 12.4 Å². The number of hydrogen-bond acceptors (Lipinski definition) is 5. The Kier molecular flexibility index (Phi) is 5.13. The van der Waals surface area contributed by atoms with Crippen LogP contribution in [0.4, 0.5) is 0 Å². The van der Waals surface area contributed by atoms with Gasteiger partial charge in [0.15, 0.2) is 6.29 Å². The largest absolute Gasteiger partial charge is 0.456 e. The van der Waals surface area contributed by atoms with Crippen LogP contribution in [0.5, 0.6) is 11.5 Å². The molecule has 0 spiro atoms. The van der Waals surface area contributed by atoms with Crippen molar-refractivity contribution in [3.8, 4) is 11.5 Å². The van der Waals surface area contributed by atoms with Crippen molar-refractivity contribution < 1.29 is 19.0 Å². The van der Waals surface area contributed by atoms with E-state index in [0.717, 1.165) is 25.9 Å². The maximum Gasteiger partial charge on any atom is 0.253 e. The Bertz CT molecular complexity index is 721. The number of ether oxygens (including phenoxy) is 3. The van der Waals surface area contributed by atoms with E-state index in [1.807, 2.05) is 41.3 Å². The predicted molar refractivity (Wildman–Crippen MR) is 95.1 cm³/mol. The van der Waals surface area contributed by atoms with Gasteiger partial charge in [0.05, 0.1) is 19.4 Å². The highest BCUT2D eigenvalue weighted by Crippen LogP contribution is 2.27. The maximum absolute atomic E-state index is 12.7. The van der Waals surface area contributed by atoms with Crippen molar-refractivity contribution in [1.82, 2.24) is 9.88 Å². The van der Waals surface area contributed by atoms with Crippen molar-refractivity contribution in [2.24, 2.45) is 5.92 Å². The van der Waals surface area contributed by atoms with Crippen LogP contribution in [0.2, 0.25) is 0 Å². The maximum atomic E-state index is 12.7. The Balaban J connectivity index is 1.33. The molecule has 0 atom stereocenters. The lowest BCUT2D eigenvalue weighted by Crippen LogP contribution is -2.41. The molecule has 6 nitrogen and oxygen atoms in total. The number of piperidine rings is 1. The molecule has 2 saturated heterocycles. The van der Waals surface area contributed by atoms with Gasteiger partial charge in [0.25, 0.3) is 5.91 Å². The molecule has 0 unspecified atom stereocenters. The van der Waals surface area contributed by atoms with Gasteiger partial charge in [-0.25, -0.2) is 0 Å². The molecule has 1 amide bonds. The fourth-order valence-corrected chi connectivity index (χ4v) is 3.42. The van der Waals surface area contributed by atoms with E-state index < -0.39 is 0 Å². The first-order valence-corrected chi connectivity index (χ1v) is 9.00. The quantitative estimate of drug-likeness (QED) is 0.844. The fourth-order valence-electron chi connectivity index (χ4n) is 3.42. The molecule has 2 aromatic rings. The lowest BCUT2D eigenvalue weighted by Gasteiger charge is -2.33. The van der Waals surface area contributed by atoms with Gasteiger partial charge in [0.1, 0.15) is 11.5 Å². The molecule has 136 valence electrons. The summed E-state index contributed by atoms with van der Waals surface area (Å²) in [5.74, 6) is 1.80. The van der Waals surface area contributed by atoms with Crippen molar-refractivity contribution in [2.75, 3.05) is 26.3 Å². The van der Waals surface area contributed by atoms with Crippen LogP contribution in [0.25, 0.3) is 0 Å². The molecular formula is C20H22N2O4. The Labute approximate surface area is 152 Å². The van der Waals surface area contributed by atoms with Gasteiger partial charge in [-0.15, -0.1) is 0 Å². The minimum absolute atomic E-state index is 0.0598. The van der Waals surface area contributed by atoms with Crippen molar-refractivity contribution in [1.29, 1.82) is 0 Å². The highest BCUT2D eigenvalue weighted by molar-refractivity contribution is 5.94. The summed E-state index contributed by atoms with van der Waals surface area (Å²) in [6, 6.07) is 10.9. The number of aromatic nitrogens is 1. The van der Waals surface area contributed by atoms with Crippen LogP contribution in [0.1, 0.15) is 23.2 Å². The Hall–Kier alpha value is -2.44. The van der Waals surface area contributed by atoms with Crippen LogP contribution in [-0.4, -0.2) is 48.4 Å². The van der Waals surface area contributed by atoms with Crippen LogP contribution in [0.3, 0.4) is 0 Å². The van der Waals surface area contributed by atoms with Crippen LogP contribution < -0.4 is 4.74 Å². The highest BCUT2D eigenvalue weighted by atomic mass is 16.7. The van der Waals surface area contributed by atoms with Gasteiger partial charge in [-0.1, -0.05) is 0 Å². The van der Waals surface area contributed by atoms with Gasteiger partial charge in [0.2, 0.25) is 0 Å². The number of benzene rings is 1. The lowest BCUT2D eigenvalue weighted by atomic mass is 9.95. The fraction of sp³-hybridized carbons (Fsp3) is 0.400. The minimum atomic E-state index is -0.0869. The smallest absolute Gasteiger partial charge is 0.253 e. The molecule has 6 heteroatoms. The summed E-state index contributed by atoms with van der Waals surface area (Å²) in [6.07, 6.45) is 5.09. The van der Waals surface area contributed by atoms with Gasteiger partial charge in [-0.3, -0.25) is 9.78 Å². The average molecular weight is 354 g/mol. The molecule has 2 aliphatic rings. The van der Waals surface area contributed by atoms with Gasteiger partial charge >= 0.3 is 0 Å². The summed E-state index contributed by atoms with van der Waals surface area (Å²) in [7, 11) is 0. The molecule has 26 heavy (non-hydrogen) atoms. The van der Waals surface area contributed by atoms with Crippen LogP contribution in [-0.2, 0) is 9.47 Å². The minimum Gasteiger partial charge on any atom is -0.456 e. The van der Waals surface area contributed by atoms with Gasteiger partial charge in [-0.2, -0.15) is 0 Å². The topological polar surface area (TPSA) is 60.9 Å². The van der Waals surface area contributed by atoms with E-state index in [4.69, 9.17) is 14.2 Å². The molecule has 0 saturated carbocycles. The number of hydrogen-bond donors (Lipinski definition) is 0. The van der Waals surface area contributed by atoms with Gasteiger partial charge in [-0.05, 0) is 49.2 Å².